The van der Waals surface area contributed by atoms with Crippen molar-refractivity contribution in [2.45, 2.75) is 19.3 Å². The van der Waals surface area contributed by atoms with Crippen molar-refractivity contribution in [1.29, 1.82) is 0 Å². The molecule has 0 unspecified atom stereocenters. The van der Waals surface area contributed by atoms with Crippen LogP contribution in [-0.4, -0.2) is 0 Å². The van der Waals surface area contributed by atoms with E-state index in [1.54, 1.807) is 0 Å². The van der Waals surface area contributed by atoms with E-state index in [-0.39, 0.29) is 5.41 Å². The standard InChI is InChI=1S/C45H31NS/c1-45(2)37-19-10-8-17-34(37)42-33-16-7-6-15-32(33)41-31-26-24-30(27-28(31)23-25-36(41)44(42)45)46(29-13-4-3-5-14-29)38-20-12-22-40-43(38)35-18-9-11-21-39(35)47-40/h3-27H,1-2H3. The number of benzene rings is 8. The van der Waals surface area contributed by atoms with Crippen LogP contribution in [0.5, 0.6) is 0 Å². The third-order valence-electron chi connectivity index (χ3n) is 10.4. The molecule has 0 saturated heterocycles. The molecule has 1 heterocycles. The second-order valence-corrected chi connectivity index (χ2v) is 14.4. The predicted octanol–water partition coefficient (Wildman–Crippen LogP) is 13.3. The van der Waals surface area contributed by atoms with Crippen molar-refractivity contribution in [3.63, 3.8) is 0 Å². The zero-order valence-corrected chi connectivity index (χ0v) is 27.1. The Hall–Kier alpha value is -5.44. The van der Waals surface area contributed by atoms with E-state index in [0.717, 1.165) is 11.4 Å². The highest BCUT2D eigenvalue weighted by Crippen LogP contribution is 2.55. The van der Waals surface area contributed by atoms with Gasteiger partial charge in [0.25, 0.3) is 0 Å². The van der Waals surface area contributed by atoms with Gasteiger partial charge in [-0.1, -0.05) is 123 Å². The van der Waals surface area contributed by atoms with E-state index in [4.69, 9.17) is 0 Å². The molecule has 0 amide bonds. The van der Waals surface area contributed by atoms with Gasteiger partial charge in [-0.25, -0.2) is 0 Å². The molecule has 9 aromatic rings. The Morgan fingerprint density at radius 3 is 2.06 bits per heavy atom. The number of nitrogens with zero attached hydrogens (tertiary/aromatic N) is 1. The van der Waals surface area contributed by atoms with Gasteiger partial charge in [0.1, 0.15) is 0 Å². The van der Waals surface area contributed by atoms with Gasteiger partial charge in [0.05, 0.1) is 5.69 Å². The van der Waals surface area contributed by atoms with Crippen molar-refractivity contribution in [3.05, 3.63) is 163 Å². The van der Waals surface area contributed by atoms with Gasteiger partial charge in [-0.3, -0.25) is 0 Å². The summed E-state index contributed by atoms with van der Waals surface area (Å²) >= 11 is 1.87. The molecule has 1 nitrogen and oxygen atoms in total. The fourth-order valence-electron chi connectivity index (χ4n) is 8.40. The van der Waals surface area contributed by atoms with E-state index in [9.17, 15) is 0 Å². The summed E-state index contributed by atoms with van der Waals surface area (Å²) in [7, 11) is 0. The molecule has 0 N–H and O–H groups in total. The molecule has 47 heavy (non-hydrogen) atoms. The monoisotopic (exact) mass is 617 g/mol. The van der Waals surface area contributed by atoms with Crippen LogP contribution < -0.4 is 4.90 Å². The minimum atomic E-state index is -0.0894. The first-order valence-corrected chi connectivity index (χ1v) is 17.2. The summed E-state index contributed by atoms with van der Waals surface area (Å²) in [4.78, 5) is 2.44. The molecular formula is C45H31NS. The lowest BCUT2D eigenvalue weighted by Gasteiger charge is -2.27. The summed E-state index contributed by atoms with van der Waals surface area (Å²) in [5.74, 6) is 0. The lowest BCUT2D eigenvalue weighted by atomic mass is 9.78. The molecule has 8 aromatic carbocycles. The van der Waals surface area contributed by atoms with E-state index in [1.165, 1.54) is 80.4 Å². The van der Waals surface area contributed by atoms with E-state index in [0.29, 0.717) is 0 Å². The Balaban J connectivity index is 1.26. The lowest BCUT2D eigenvalue weighted by molar-refractivity contribution is 0.666. The normalized spacial score (nSPS) is 13.5. The summed E-state index contributed by atoms with van der Waals surface area (Å²) in [6, 6.07) is 56.1. The number of thiophene rings is 1. The molecule has 2 heteroatoms. The smallest absolute Gasteiger partial charge is 0.0554 e. The SMILES string of the molecule is CC1(C)c2ccccc2-c2c1c1ccc3cc(N(c4ccccc4)c4cccc5sc6ccccc6c45)ccc3c1c1ccccc21. The van der Waals surface area contributed by atoms with Gasteiger partial charge in [-0.2, -0.15) is 0 Å². The minimum Gasteiger partial charge on any atom is -0.310 e. The Kier molecular flexibility index (Phi) is 5.57. The number of hydrogen-bond acceptors (Lipinski definition) is 2. The second-order valence-electron chi connectivity index (χ2n) is 13.3. The van der Waals surface area contributed by atoms with Crippen molar-refractivity contribution >= 4 is 80.9 Å². The number of fused-ring (bicyclic) bond motifs is 13. The van der Waals surface area contributed by atoms with Gasteiger partial charge in [0, 0.05) is 37.0 Å². The van der Waals surface area contributed by atoms with Crippen LogP contribution in [0, 0.1) is 0 Å². The zero-order chi connectivity index (χ0) is 31.3. The summed E-state index contributed by atoms with van der Waals surface area (Å²) in [5, 5.41) is 10.5. The highest BCUT2D eigenvalue weighted by molar-refractivity contribution is 7.26. The largest absolute Gasteiger partial charge is 0.310 e. The predicted molar refractivity (Wildman–Crippen MR) is 204 cm³/mol. The van der Waals surface area contributed by atoms with Crippen LogP contribution in [0.25, 0.3) is 63.6 Å². The molecule has 0 saturated carbocycles. The fraction of sp³-hybridized carbons (Fsp3) is 0.0667. The van der Waals surface area contributed by atoms with Crippen LogP contribution in [0.4, 0.5) is 17.1 Å². The lowest BCUT2D eigenvalue weighted by Crippen LogP contribution is -2.15. The van der Waals surface area contributed by atoms with Crippen LogP contribution in [0.1, 0.15) is 25.0 Å². The first-order valence-electron chi connectivity index (χ1n) is 16.4. The second kappa shape index (κ2) is 9.78. The molecular weight excluding hydrogens is 587 g/mol. The number of rotatable bonds is 3. The van der Waals surface area contributed by atoms with E-state index in [2.05, 4.69) is 170 Å². The third-order valence-corrected chi connectivity index (χ3v) is 11.5. The Bertz CT molecular complexity index is 2720. The highest BCUT2D eigenvalue weighted by atomic mass is 32.1. The summed E-state index contributed by atoms with van der Waals surface area (Å²) in [5.41, 5.74) is 9.05. The van der Waals surface area contributed by atoms with E-state index in [1.807, 2.05) is 11.3 Å². The summed E-state index contributed by atoms with van der Waals surface area (Å²) < 4.78 is 2.62. The molecule has 0 aliphatic heterocycles. The maximum absolute atomic E-state index is 2.44. The molecule has 10 rings (SSSR count). The van der Waals surface area contributed by atoms with Gasteiger partial charge in [-0.05, 0) is 97.0 Å². The fourth-order valence-corrected chi connectivity index (χ4v) is 9.53. The van der Waals surface area contributed by atoms with Crippen molar-refractivity contribution in [1.82, 2.24) is 0 Å². The summed E-state index contributed by atoms with van der Waals surface area (Å²) in [6.45, 7) is 4.79. The first-order chi connectivity index (χ1) is 23.1. The zero-order valence-electron chi connectivity index (χ0n) is 26.3. The van der Waals surface area contributed by atoms with E-state index < -0.39 is 0 Å². The van der Waals surface area contributed by atoms with Gasteiger partial charge in [0.15, 0.2) is 0 Å². The molecule has 1 aliphatic carbocycles. The van der Waals surface area contributed by atoms with Crippen LogP contribution in [0.3, 0.4) is 0 Å². The Morgan fingerprint density at radius 1 is 0.489 bits per heavy atom. The average molecular weight is 618 g/mol. The molecule has 0 bridgehead atoms. The number of hydrogen-bond donors (Lipinski definition) is 0. The van der Waals surface area contributed by atoms with Gasteiger partial charge < -0.3 is 4.90 Å². The molecule has 1 aromatic heterocycles. The molecule has 0 spiro atoms. The van der Waals surface area contributed by atoms with Crippen molar-refractivity contribution < 1.29 is 0 Å². The molecule has 222 valence electrons. The van der Waals surface area contributed by atoms with Crippen LogP contribution in [-0.2, 0) is 5.41 Å². The van der Waals surface area contributed by atoms with Gasteiger partial charge in [-0.15, -0.1) is 11.3 Å². The van der Waals surface area contributed by atoms with Crippen LogP contribution >= 0.6 is 11.3 Å². The maximum Gasteiger partial charge on any atom is 0.0554 e. The number of anilines is 3. The van der Waals surface area contributed by atoms with Crippen LogP contribution in [0.15, 0.2) is 152 Å². The highest BCUT2D eigenvalue weighted by Gasteiger charge is 2.38. The average Bonchev–Trinajstić information content (AvgIpc) is 3.61. The maximum atomic E-state index is 2.44. The minimum absolute atomic E-state index is 0.0894. The van der Waals surface area contributed by atoms with Crippen LogP contribution in [0.2, 0.25) is 0 Å². The first kappa shape index (κ1) is 26.7. The van der Waals surface area contributed by atoms with Crippen molar-refractivity contribution in [2.24, 2.45) is 0 Å². The molecule has 0 radical (unpaired) electrons. The summed E-state index contributed by atoms with van der Waals surface area (Å²) in [6.07, 6.45) is 0. The molecule has 1 aliphatic rings. The molecule has 0 atom stereocenters. The van der Waals surface area contributed by atoms with E-state index >= 15 is 0 Å². The van der Waals surface area contributed by atoms with Gasteiger partial charge >= 0.3 is 0 Å². The Morgan fingerprint density at radius 2 is 1.19 bits per heavy atom. The van der Waals surface area contributed by atoms with Crippen molar-refractivity contribution in [2.75, 3.05) is 4.90 Å². The van der Waals surface area contributed by atoms with Crippen molar-refractivity contribution in [3.8, 4) is 11.1 Å². The number of para-hydroxylation sites is 1. The topological polar surface area (TPSA) is 3.24 Å². The molecule has 0 fully saturated rings. The quantitative estimate of drug-likeness (QED) is 0.178. The van der Waals surface area contributed by atoms with Gasteiger partial charge in [0.2, 0.25) is 0 Å². The Labute approximate surface area is 278 Å². The third kappa shape index (κ3) is 3.71.